The Kier molecular flexibility index (Phi) is 5.00. The molecule has 108 valence electrons. The van der Waals surface area contributed by atoms with Gasteiger partial charge in [0.15, 0.2) is 0 Å². The van der Waals surface area contributed by atoms with E-state index in [9.17, 15) is 8.42 Å². The van der Waals surface area contributed by atoms with E-state index in [1.807, 2.05) is 6.07 Å². The van der Waals surface area contributed by atoms with Crippen LogP contribution in [0.15, 0.2) is 23.1 Å². The van der Waals surface area contributed by atoms with Gasteiger partial charge in [0.1, 0.15) is 4.90 Å². The number of benzene rings is 1. The molecule has 0 aliphatic carbocycles. The van der Waals surface area contributed by atoms with Gasteiger partial charge >= 0.3 is 0 Å². The Morgan fingerprint density at radius 2 is 2.05 bits per heavy atom. The number of halogens is 1. The predicted octanol–water partition coefficient (Wildman–Crippen LogP) is 1.59. The number of sulfonamides is 1. The lowest BCUT2D eigenvalue weighted by Gasteiger charge is -2.15. The lowest BCUT2D eigenvalue weighted by molar-refractivity contribution is 0.344. The standard InChI is InChI=1S/C13H16ClN3O2S/c14-12-9-11(10-15)3-4-13(12)20(18,19)16-5-8-17-6-1-2-7-17/h3-4,9,16H,1-2,5-8H2. The molecule has 0 saturated carbocycles. The van der Waals surface area contributed by atoms with E-state index in [4.69, 9.17) is 16.9 Å². The average molecular weight is 314 g/mol. The molecule has 0 unspecified atom stereocenters. The Morgan fingerprint density at radius 3 is 2.65 bits per heavy atom. The summed E-state index contributed by atoms with van der Waals surface area (Å²) in [5.74, 6) is 0. The molecule has 0 radical (unpaired) electrons. The normalized spacial score (nSPS) is 16.2. The van der Waals surface area contributed by atoms with Crippen LogP contribution in [0.1, 0.15) is 18.4 Å². The molecule has 5 nitrogen and oxygen atoms in total. The predicted molar refractivity (Wildman–Crippen MR) is 77.0 cm³/mol. The molecular formula is C13H16ClN3O2S. The lowest BCUT2D eigenvalue weighted by atomic mass is 10.2. The topological polar surface area (TPSA) is 73.2 Å². The fourth-order valence-corrected chi connectivity index (χ4v) is 3.77. The quantitative estimate of drug-likeness (QED) is 0.896. The highest BCUT2D eigenvalue weighted by Crippen LogP contribution is 2.22. The lowest BCUT2D eigenvalue weighted by Crippen LogP contribution is -2.33. The zero-order valence-corrected chi connectivity index (χ0v) is 12.5. The monoisotopic (exact) mass is 313 g/mol. The molecule has 1 N–H and O–H groups in total. The first kappa shape index (κ1) is 15.3. The number of hydrogen-bond donors (Lipinski definition) is 1. The summed E-state index contributed by atoms with van der Waals surface area (Å²) in [6.45, 7) is 3.12. The maximum atomic E-state index is 12.1. The van der Waals surface area contributed by atoms with Crippen LogP contribution in [-0.2, 0) is 10.0 Å². The van der Waals surface area contributed by atoms with Gasteiger partial charge in [0, 0.05) is 13.1 Å². The van der Waals surface area contributed by atoms with Crippen molar-refractivity contribution in [1.29, 1.82) is 5.26 Å². The largest absolute Gasteiger partial charge is 0.302 e. The maximum Gasteiger partial charge on any atom is 0.242 e. The van der Waals surface area contributed by atoms with Crippen molar-refractivity contribution in [3.8, 4) is 6.07 Å². The zero-order valence-electron chi connectivity index (χ0n) is 11.0. The molecule has 1 aliphatic heterocycles. The summed E-state index contributed by atoms with van der Waals surface area (Å²) in [7, 11) is -3.63. The summed E-state index contributed by atoms with van der Waals surface area (Å²) in [5.41, 5.74) is 0.339. The van der Waals surface area contributed by atoms with E-state index in [1.165, 1.54) is 31.0 Å². The van der Waals surface area contributed by atoms with Crippen molar-refractivity contribution in [2.75, 3.05) is 26.2 Å². The van der Waals surface area contributed by atoms with E-state index in [2.05, 4.69) is 9.62 Å². The van der Waals surface area contributed by atoms with Crippen LogP contribution >= 0.6 is 11.6 Å². The third-order valence-electron chi connectivity index (χ3n) is 3.27. The van der Waals surface area contributed by atoms with E-state index in [0.29, 0.717) is 18.7 Å². The van der Waals surface area contributed by atoms with E-state index >= 15 is 0 Å². The molecule has 2 rings (SSSR count). The van der Waals surface area contributed by atoms with Gasteiger partial charge in [-0.05, 0) is 44.1 Å². The molecule has 0 aromatic heterocycles. The van der Waals surface area contributed by atoms with Gasteiger partial charge in [-0.3, -0.25) is 0 Å². The molecule has 1 fully saturated rings. The summed E-state index contributed by atoms with van der Waals surface area (Å²) < 4.78 is 26.8. The number of hydrogen-bond acceptors (Lipinski definition) is 4. The first-order valence-electron chi connectivity index (χ1n) is 6.44. The molecule has 1 saturated heterocycles. The van der Waals surface area contributed by atoms with Gasteiger partial charge in [-0.15, -0.1) is 0 Å². The highest BCUT2D eigenvalue weighted by molar-refractivity contribution is 7.89. The minimum absolute atomic E-state index is 0.0135. The third-order valence-corrected chi connectivity index (χ3v) is 5.21. The molecule has 1 aliphatic rings. The summed E-state index contributed by atoms with van der Waals surface area (Å²) in [5, 5.41) is 8.81. The van der Waals surface area contributed by atoms with Gasteiger partial charge in [-0.25, -0.2) is 13.1 Å². The first-order chi connectivity index (χ1) is 9.53. The summed E-state index contributed by atoms with van der Waals surface area (Å²) in [6.07, 6.45) is 2.35. The van der Waals surface area contributed by atoms with Crippen molar-refractivity contribution in [3.05, 3.63) is 28.8 Å². The second-order valence-electron chi connectivity index (χ2n) is 4.70. The maximum absolute atomic E-state index is 12.1. The molecular weight excluding hydrogens is 298 g/mol. The molecule has 0 bridgehead atoms. The van der Waals surface area contributed by atoms with Crippen LogP contribution in [-0.4, -0.2) is 39.5 Å². The second kappa shape index (κ2) is 6.55. The van der Waals surface area contributed by atoms with Gasteiger partial charge in [-0.1, -0.05) is 11.6 Å². The molecule has 20 heavy (non-hydrogen) atoms. The van der Waals surface area contributed by atoms with Crippen LogP contribution in [0.2, 0.25) is 5.02 Å². The fourth-order valence-electron chi connectivity index (χ4n) is 2.21. The molecule has 1 heterocycles. The van der Waals surface area contributed by atoms with Crippen LogP contribution < -0.4 is 4.72 Å². The van der Waals surface area contributed by atoms with Crippen LogP contribution in [0.5, 0.6) is 0 Å². The number of nitriles is 1. The molecule has 0 spiro atoms. The van der Waals surface area contributed by atoms with Crippen molar-refractivity contribution in [1.82, 2.24) is 9.62 Å². The number of nitrogens with one attached hydrogen (secondary N) is 1. The Hall–Kier alpha value is -1.13. The van der Waals surface area contributed by atoms with E-state index in [0.717, 1.165) is 13.1 Å². The minimum atomic E-state index is -3.63. The van der Waals surface area contributed by atoms with Crippen molar-refractivity contribution in [2.24, 2.45) is 0 Å². The molecule has 0 amide bonds. The second-order valence-corrected chi connectivity index (χ2v) is 6.85. The molecule has 7 heteroatoms. The summed E-state index contributed by atoms with van der Waals surface area (Å²) in [6, 6.07) is 6.08. The van der Waals surface area contributed by atoms with Crippen molar-refractivity contribution >= 4 is 21.6 Å². The molecule has 0 atom stereocenters. The number of rotatable bonds is 5. The number of nitrogens with zero attached hydrogens (tertiary/aromatic N) is 2. The fraction of sp³-hybridized carbons (Fsp3) is 0.462. The third kappa shape index (κ3) is 3.70. The van der Waals surface area contributed by atoms with Crippen LogP contribution in [0.4, 0.5) is 0 Å². The van der Waals surface area contributed by atoms with Crippen molar-refractivity contribution < 1.29 is 8.42 Å². The van der Waals surface area contributed by atoms with Gasteiger partial charge in [0.25, 0.3) is 0 Å². The Labute approximate surface area is 124 Å². The Balaban J connectivity index is 2.00. The summed E-state index contributed by atoms with van der Waals surface area (Å²) in [4.78, 5) is 2.24. The molecule has 1 aromatic carbocycles. The van der Waals surface area contributed by atoms with E-state index < -0.39 is 10.0 Å². The van der Waals surface area contributed by atoms with E-state index in [-0.39, 0.29) is 9.92 Å². The average Bonchev–Trinajstić information content (AvgIpc) is 2.91. The highest BCUT2D eigenvalue weighted by atomic mass is 35.5. The smallest absolute Gasteiger partial charge is 0.242 e. The minimum Gasteiger partial charge on any atom is -0.302 e. The van der Waals surface area contributed by atoms with Crippen molar-refractivity contribution in [2.45, 2.75) is 17.7 Å². The van der Waals surface area contributed by atoms with Gasteiger partial charge in [-0.2, -0.15) is 5.26 Å². The van der Waals surface area contributed by atoms with Gasteiger partial charge in [0.05, 0.1) is 16.7 Å². The van der Waals surface area contributed by atoms with E-state index in [1.54, 1.807) is 0 Å². The van der Waals surface area contributed by atoms with Gasteiger partial charge < -0.3 is 4.90 Å². The van der Waals surface area contributed by atoms with Crippen LogP contribution in [0.3, 0.4) is 0 Å². The molecule has 1 aromatic rings. The van der Waals surface area contributed by atoms with Crippen LogP contribution in [0.25, 0.3) is 0 Å². The summed E-state index contributed by atoms with van der Waals surface area (Å²) >= 11 is 5.92. The SMILES string of the molecule is N#Cc1ccc(S(=O)(=O)NCCN2CCCC2)c(Cl)c1. The van der Waals surface area contributed by atoms with Crippen LogP contribution in [0, 0.1) is 11.3 Å². The highest BCUT2D eigenvalue weighted by Gasteiger charge is 2.19. The Morgan fingerprint density at radius 1 is 1.35 bits per heavy atom. The Bertz CT molecular complexity index is 619. The van der Waals surface area contributed by atoms with Crippen molar-refractivity contribution in [3.63, 3.8) is 0 Å². The van der Waals surface area contributed by atoms with Gasteiger partial charge in [0.2, 0.25) is 10.0 Å². The zero-order chi connectivity index (χ0) is 14.6. The number of likely N-dealkylation sites (tertiary alicyclic amines) is 1. The first-order valence-corrected chi connectivity index (χ1v) is 8.31.